The fraction of sp³-hybridized carbons (Fsp3) is 0.333. The smallest absolute Gasteiger partial charge is 0.321 e. The lowest BCUT2D eigenvalue weighted by Gasteiger charge is -2.20. The molecule has 0 radical (unpaired) electrons. The van der Waals surface area contributed by atoms with Crippen LogP contribution in [-0.2, 0) is 0 Å². The summed E-state index contributed by atoms with van der Waals surface area (Å²) in [6.07, 6.45) is 0. The summed E-state index contributed by atoms with van der Waals surface area (Å²) in [4.78, 5) is 15.6. The molecule has 1 rings (SSSR count). The lowest BCUT2D eigenvalue weighted by atomic mass is 10.1. The first-order valence-electron chi connectivity index (χ1n) is 5.56. The van der Waals surface area contributed by atoms with Crippen LogP contribution in [0.4, 0.5) is 10.5 Å². The number of amides is 2. The minimum absolute atomic E-state index is 0.0863. The Morgan fingerprint density at radius 3 is 2.26 bits per heavy atom. The van der Waals surface area contributed by atoms with E-state index in [-0.39, 0.29) is 11.5 Å². The van der Waals surface area contributed by atoms with E-state index in [0.717, 1.165) is 0 Å². The van der Waals surface area contributed by atoms with Gasteiger partial charge in [0.2, 0.25) is 5.96 Å². The van der Waals surface area contributed by atoms with Crippen LogP contribution in [0.2, 0.25) is 10.0 Å². The summed E-state index contributed by atoms with van der Waals surface area (Å²) in [7, 11) is 0. The van der Waals surface area contributed by atoms with Crippen LogP contribution in [0.15, 0.2) is 23.2 Å². The maximum Gasteiger partial charge on any atom is 0.321 e. The lowest BCUT2D eigenvalue weighted by molar-refractivity contribution is 0.236. The van der Waals surface area contributed by atoms with E-state index in [1.54, 1.807) is 18.2 Å². The topological polar surface area (TPSA) is 79.5 Å². The van der Waals surface area contributed by atoms with Gasteiger partial charge in [-0.3, -0.25) is 5.32 Å². The number of guanidine groups is 1. The first-order chi connectivity index (χ1) is 8.69. The molecule has 104 valence electrons. The monoisotopic (exact) mass is 302 g/mol. The summed E-state index contributed by atoms with van der Waals surface area (Å²) in [5.41, 5.74) is 5.57. The van der Waals surface area contributed by atoms with E-state index in [1.807, 2.05) is 20.8 Å². The number of carbonyl (C=O) groups excluding carboxylic acids is 1. The Labute approximate surface area is 122 Å². The molecule has 0 aliphatic carbocycles. The molecule has 2 amide bonds. The molecule has 0 spiro atoms. The number of nitrogens with one attached hydrogen (secondary N) is 2. The normalized spacial score (nSPS) is 12.2. The highest BCUT2D eigenvalue weighted by Gasteiger charge is 2.14. The van der Waals surface area contributed by atoms with Crippen molar-refractivity contribution in [1.82, 2.24) is 10.6 Å². The number of nitrogens with two attached hydrogens (primary N) is 1. The van der Waals surface area contributed by atoms with Crippen LogP contribution < -0.4 is 16.4 Å². The Morgan fingerprint density at radius 2 is 1.79 bits per heavy atom. The van der Waals surface area contributed by atoms with Crippen LogP contribution >= 0.6 is 23.2 Å². The van der Waals surface area contributed by atoms with Gasteiger partial charge in [0.25, 0.3) is 0 Å². The second-order valence-corrected chi connectivity index (χ2v) is 5.71. The second-order valence-electron chi connectivity index (χ2n) is 4.90. The Morgan fingerprint density at radius 1 is 1.26 bits per heavy atom. The van der Waals surface area contributed by atoms with E-state index in [4.69, 9.17) is 28.9 Å². The number of urea groups is 1. The van der Waals surface area contributed by atoms with Gasteiger partial charge in [0.15, 0.2) is 0 Å². The number of aliphatic imine (C=N–C) groups is 1. The van der Waals surface area contributed by atoms with Crippen molar-refractivity contribution < 1.29 is 4.79 Å². The zero-order chi connectivity index (χ0) is 14.6. The molecule has 7 heteroatoms. The van der Waals surface area contributed by atoms with Crippen LogP contribution in [0.3, 0.4) is 0 Å². The van der Waals surface area contributed by atoms with Crippen LogP contribution in [0.25, 0.3) is 0 Å². The number of halogens is 2. The van der Waals surface area contributed by atoms with Gasteiger partial charge in [0, 0.05) is 5.54 Å². The Bertz CT molecular complexity index is 489. The van der Waals surface area contributed by atoms with E-state index in [0.29, 0.717) is 15.7 Å². The summed E-state index contributed by atoms with van der Waals surface area (Å²) in [5.74, 6) is -0.0863. The number of benzene rings is 1. The predicted molar refractivity (Wildman–Crippen MR) is 79.2 cm³/mol. The minimum atomic E-state index is -0.447. The van der Waals surface area contributed by atoms with Gasteiger partial charge in [-0.1, -0.05) is 29.3 Å². The molecule has 0 atom stereocenters. The van der Waals surface area contributed by atoms with Crippen molar-refractivity contribution in [2.24, 2.45) is 10.7 Å². The van der Waals surface area contributed by atoms with E-state index < -0.39 is 6.03 Å². The van der Waals surface area contributed by atoms with Gasteiger partial charge in [-0.2, -0.15) is 0 Å². The second kappa shape index (κ2) is 6.12. The van der Waals surface area contributed by atoms with Crippen molar-refractivity contribution in [3.63, 3.8) is 0 Å². The molecule has 0 bridgehead atoms. The van der Waals surface area contributed by atoms with Crippen molar-refractivity contribution in [1.29, 1.82) is 0 Å². The molecule has 1 aromatic rings. The van der Waals surface area contributed by atoms with Crippen molar-refractivity contribution in [3.05, 3.63) is 28.2 Å². The molecule has 0 aliphatic rings. The minimum Gasteiger partial charge on any atom is -0.369 e. The summed E-state index contributed by atoms with van der Waals surface area (Å²) in [6.45, 7) is 5.56. The van der Waals surface area contributed by atoms with E-state index in [9.17, 15) is 4.79 Å². The van der Waals surface area contributed by atoms with Crippen molar-refractivity contribution >= 4 is 40.9 Å². The highest BCUT2D eigenvalue weighted by atomic mass is 35.5. The fourth-order valence-electron chi connectivity index (χ4n) is 1.23. The maximum absolute atomic E-state index is 11.6. The summed E-state index contributed by atoms with van der Waals surface area (Å²) in [5, 5.41) is 5.80. The van der Waals surface area contributed by atoms with E-state index in [2.05, 4.69) is 15.6 Å². The SMILES string of the molecule is CC(C)(C)NC(=O)NC(N)=Nc1c(Cl)cccc1Cl. The molecular weight excluding hydrogens is 287 g/mol. The molecule has 0 saturated heterocycles. The maximum atomic E-state index is 11.6. The van der Waals surface area contributed by atoms with Crippen LogP contribution in [-0.4, -0.2) is 17.5 Å². The molecule has 0 heterocycles. The first-order valence-corrected chi connectivity index (χ1v) is 6.32. The molecular formula is C12H16Cl2N4O. The average Bonchev–Trinajstić information content (AvgIpc) is 2.20. The van der Waals surface area contributed by atoms with Gasteiger partial charge < -0.3 is 11.1 Å². The van der Waals surface area contributed by atoms with Gasteiger partial charge in [0.1, 0.15) is 5.69 Å². The third kappa shape index (κ3) is 5.36. The Kier molecular flexibility index (Phi) is 5.03. The van der Waals surface area contributed by atoms with Crippen LogP contribution in [0.1, 0.15) is 20.8 Å². The largest absolute Gasteiger partial charge is 0.369 e. The third-order valence-electron chi connectivity index (χ3n) is 1.90. The molecule has 5 nitrogen and oxygen atoms in total. The zero-order valence-corrected chi connectivity index (χ0v) is 12.4. The molecule has 1 aromatic carbocycles. The quantitative estimate of drug-likeness (QED) is 0.550. The third-order valence-corrected chi connectivity index (χ3v) is 2.51. The number of carbonyl (C=O) groups is 1. The standard InChI is InChI=1S/C12H16Cl2N4O/c1-12(2,3)18-11(19)17-10(15)16-9-7(13)5-4-6-8(9)14/h4-6H,1-3H3,(H4,15,16,17,18,19). The van der Waals surface area contributed by atoms with Gasteiger partial charge in [0.05, 0.1) is 10.0 Å². The van der Waals surface area contributed by atoms with Gasteiger partial charge in [-0.25, -0.2) is 9.79 Å². The Hall–Kier alpha value is -1.46. The van der Waals surface area contributed by atoms with Crippen molar-refractivity contribution in [3.8, 4) is 0 Å². The lowest BCUT2D eigenvalue weighted by Crippen LogP contribution is -2.50. The van der Waals surface area contributed by atoms with Crippen LogP contribution in [0.5, 0.6) is 0 Å². The van der Waals surface area contributed by atoms with Crippen molar-refractivity contribution in [2.75, 3.05) is 0 Å². The number of nitrogens with zero attached hydrogens (tertiary/aromatic N) is 1. The molecule has 0 aliphatic heterocycles. The summed E-state index contributed by atoms with van der Waals surface area (Å²) >= 11 is 11.9. The van der Waals surface area contributed by atoms with Gasteiger partial charge >= 0.3 is 6.03 Å². The molecule has 0 fully saturated rings. The van der Waals surface area contributed by atoms with E-state index >= 15 is 0 Å². The number of hydrogen-bond donors (Lipinski definition) is 3. The molecule has 4 N–H and O–H groups in total. The molecule has 0 unspecified atom stereocenters. The average molecular weight is 303 g/mol. The van der Waals surface area contributed by atoms with Crippen LogP contribution in [0, 0.1) is 0 Å². The number of para-hydroxylation sites is 1. The van der Waals surface area contributed by atoms with Gasteiger partial charge in [-0.15, -0.1) is 0 Å². The summed E-state index contributed by atoms with van der Waals surface area (Å²) < 4.78 is 0. The van der Waals surface area contributed by atoms with E-state index in [1.165, 1.54) is 0 Å². The first kappa shape index (κ1) is 15.6. The molecule has 0 aromatic heterocycles. The number of hydrogen-bond acceptors (Lipinski definition) is 2. The summed E-state index contributed by atoms with van der Waals surface area (Å²) in [6, 6.07) is 4.51. The highest BCUT2D eigenvalue weighted by Crippen LogP contribution is 2.32. The van der Waals surface area contributed by atoms with Crippen molar-refractivity contribution in [2.45, 2.75) is 26.3 Å². The van der Waals surface area contributed by atoms with Gasteiger partial charge in [-0.05, 0) is 32.9 Å². The number of rotatable bonds is 1. The highest BCUT2D eigenvalue weighted by molar-refractivity contribution is 6.38. The zero-order valence-electron chi connectivity index (χ0n) is 10.9. The molecule has 0 saturated carbocycles. The Balaban J connectivity index is 2.81. The predicted octanol–water partition coefficient (Wildman–Crippen LogP) is 3.04. The fourth-order valence-corrected chi connectivity index (χ4v) is 1.71. The molecule has 19 heavy (non-hydrogen) atoms.